The third-order valence-electron chi connectivity index (χ3n) is 6.12. The quantitative estimate of drug-likeness (QED) is 0.709. The fourth-order valence-electron chi connectivity index (χ4n) is 4.34. The number of hydrogen-bond donors (Lipinski definition) is 0. The largest absolute Gasteiger partial charge is 0.416 e. The molecule has 2 saturated heterocycles. The molecule has 1 unspecified atom stereocenters. The minimum Gasteiger partial charge on any atom is -0.374 e. The van der Waals surface area contributed by atoms with E-state index in [0.29, 0.717) is 5.69 Å². The number of ether oxygens (including phenoxy) is 1. The van der Waals surface area contributed by atoms with Crippen LogP contribution in [0.4, 0.5) is 18.9 Å². The number of alkyl halides is 3. The zero-order valence-corrected chi connectivity index (χ0v) is 17.9. The Balaban J connectivity index is 1.26. The summed E-state index contributed by atoms with van der Waals surface area (Å²) >= 11 is 0. The van der Waals surface area contributed by atoms with Crippen molar-refractivity contribution in [1.29, 1.82) is 0 Å². The molecule has 1 atom stereocenters. The lowest BCUT2D eigenvalue weighted by Crippen LogP contribution is -2.52. The number of rotatable bonds is 5. The normalized spacial score (nSPS) is 21.4. The molecule has 0 bridgehead atoms. The van der Waals surface area contributed by atoms with Gasteiger partial charge in [0.25, 0.3) is 0 Å². The van der Waals surface area contributed by atoms with Crippen molar-refractivity contribution in [3.63, 3.8) is 0 Å². The summed E-state index contributed by atoms with van der Waals surface area (Å²) in [6.45, 7) is 9.58. The molecule has 0 spiro atoms. The lowest BCUT2D eigenvalue weighted by Gasteiger charge is -2.40. The van der Waals surface area contributed by atoms with Crippen LogP contribution in [0, 0.1) is 6.92 Å². The molecule has 2 fully saturated rings. The molecule has 168 valence electrons. The van der Waals surface area contributed by atoms with Crippen molar-refractivity contribution >= 4 is 5.69 Å². The second-order valence-corrected chi connectivity index (χ2v) is 8.55. The van der Waals surface area contributed by atoms with Crippen molar-refractivity contribution in [1.82, 2.24) is 9.80 Å². The first kappa shape index (κ1) is 22.1. The third-order valence-corrected chi connectivity index (χ3v) is 6.12. The first-order chi connectivity index (χ1) is 14.9. The van der Waals surface area contributed by atoms with Crippen LogP contribution in [0.15, 0.2) is 48.5 Å². The van der Waals surface area contributed by atoms with Crippen LogP contribution in [-0.4, -0.2) is 68.3 Å². The number of halogens is 3. The third kappa shape index (κ3) is 5.99. The molecule has 2 aliphatic heterocycles. The molecule has 2 aromatic carbocycles. The monoisotopic (exact) mass is 433 g/mol. The summed E-state index contributed by atoms with van der Waals surface area (Å²) in [5.41, 5.74) is 2.65. The molecule has 0 aromatic heterocycles. The summed E-state index contributed by atoms with van der Waals surface area (Å²) in [6, 6.07) is 14.3. The van der Waals surface area contributed by atoms with Gasteiger partial charge in [-0.25, -0.2) is 0 Å². The van der Waals surface area contributed by atoms with Crippen LogP contribution < -0.4 is 4.90 Å². The van der Waals surface area contributed by atoms with Crippen molar-refractivity contribution in [2.75, 3.05) is 57.3 Å². The van der Waals surface area contributed by atoms with Crippen LogP contribution in [-0.2, 0) is 17.5 Å². The maximum atomic E-state index is 13.0. The van der Waals surface area contributed by atoms with E-state index in [1.807, 2.05) is 4.90 Å². The minimum absolute atomic E-state index is 0.166. The van der Waals surface area contributed by atoms with E-state index in [0.717, 1.165) is 65.0 Å². The smallest absolute Gasteiger partial charge is 0.374 e. The van der Waals surface area contributed by atoms with Gasteiger partial charge in [0, 0.05) is 58.0 Å². The SMILES string of the molecule is Cc1ccc(CN2CCOC(CN3CCN(c4cccc(C(F)(F)F)c4)CC3)C2)cc1. The number of aryl methyl sites for hydroxylation is 1. The van der Waals surface area contributed by atoms with Crippen LogP contribution in [0.25, 0.3) is 0 Å². The topological polar surface area (TPSA) is 19.0 Å². The standard InChI is InChI=1S/C24H30F3N3O/c1-19-5-7-20(8-6-19)16-29-13-14-31-23(18-29)17-28-9-11-30(12-10-28)22-4-2-3-21(15-22)24(25,26)27/h2-8,15,23H,9-14,16-18H2,1H3. The molecule has 4 nitrogen and oxygen atoms in total. The summed E-state index contributed by atoms with van der Waals surface area (Å²) in [5.74, 6) is 0. The zero-order valence-electron chi connectivity index (χ0n) is 17.9. The van der Waals surface area contributed by atoms with Crippen LogP contribution in [0.3, 0.4) is 0 Å². The van der Waals surface area contributed by atoms with Crippen molar-refractivity contribution in [3.8, 4) is 0 Å². The first-order valence-corrected chi connectivity index (χ1v) is 10.9. The van der Waals surface area contributed by atoms with E-state index < -0.39 is 11.7 Å². The molecule has 0 amide bonds. The molecule has 0 radical (unpaired) electrons. The molecule has 4 rings (SSSR count). The average Bonchev–Trinajstić information content (AvgIpc) is 2.76. The number of morpholine rings is 1. The summed E-state index contributed by atoms with van der Waals surface area (Å²) in [5, 5.41) is 0. The maximum Gasteiger partial charge on any atom is 0.416 e. The van der Waals surface area contributed by atoms with Gasteiger partial charge in [-0.1, -0.05) is 35.9 Å². The van der Waals surface area contributed by atoms with Crippen molar-refractivity contribution in [3.05, 3.63) is 65.2 Å². The molecule has 0 saturated carbocycles. The van der Waals surface area contributed by atoms with E-state index >= 15 is 0 Å². The van der Waals surface area contributed by atoms with Gasteiger partial charge in [0.2, 0.25) is 0 Å². The summed E-state index contributed by atoms with van der Waals surface area (Å²) < 4.78 is 45.0. The molecular formula is C24H30F3N3O. The summed E-state index contributed by atoms with van der Waals surface area (Å²) in [4.78, 5) is 6.85. The van der Waals surface area contributed by atoms with E-state index in [2.05, 4.69) is 41.0 Å². The fourth-order valence-corrected chi connectivity index (χ4v) is 4.34. The average molecular weight is 434 g/mol. The Kier molecular flexibility index (Phi) is 6.84. The molecule has 0 N–H and O–H groups in total. The van der Waals surface area contributed by atoms with Crippen LogP contribution >= 0.6 is 0 Å². The second kappa shape index (κ2) is 9.59. The predicted octanol–water partition coefficient (Wildman–Crippen LogP) is 4.04. The first-order valence-electron chi connectivity index (χ1n) is 10.9. The number of anilines is 1. The Bertz CT molecular complexity index is 848. The highest BCUT2D eigenvalue weighted by molar-refractivity contribution is 5.49. The summed E-state index contributed by atoms with van der Waals surface area (Å²) in [7, 11) is 0. The minimum atomic E-state index is -4.30. The van der Waals surface area contributed by atoms with Crippen molar-refractivity contribution in [2.24, 2.45) is 0 Å². The highest BCUT2D eigenvalue weighted by Gasteiger charge is 2.31. The predicted molar refractivity (Wildman–Crippen MR) is 116 cm³/mol. The van der Waals surface area contributed by atoms with E-state index in [1.165, 1.54) is 23.3 Å². The van der Waals surface area contributed by atoms with Gasteiger partial charge in [0.1, 0.15) is 0 Å². The molecule has 2 aliphatic rings. The highest BCUT2D eigenvalue weighted by atomic mass is 19.4. The van der Waals surface area contributed by atoms with Gasteiger partial charge < -0.3 is 9.64 Å². The number of nitrogens with zero attached hydrogens (tertiary/aromatic N) is 3. The van der Waals surface area contributed by atoms with Crippen molar-refractivity contribution in [2.45, 2.75) is 25.7 Å². The van der Waals surface area contributed by atoms with E-state index in [-0.39, 0.29) is 6.10 Å². The van der Waals surface area contributed by atoms with E-state index in [9.17, 15) is 13.2 Å². The second-order valence-electron chi connectivity index (χ2n) is 8.55. The number of piperazine rings is 1. The van der Waals surface area contributed by atoms with E-state index in [1.54, 1.807) is 6.07 Å². The Morgan fingerprint density at radius 1 is 0.935 bits per heavy atom. The maximum absolute atomic E-state index is 13.0. The Morgan fingerprint density at radius 3 is 2.39 bits per heavy atom. The van der Waals surface area contributed by atoms with Crippen LogP contribution in [0.5, 0.6) is 0 Å². The highest BCUT2D eigenvalue weighted by Crippen LogP contribution is 2.31. The lowest BCUT2D eigenvalue weighted by atomic mass is 10.1. The lowest BCUT2D eigenvalue weighted by molar-refractivity contribution is -0.137. The molecule has 2 aromatic rings. The van der Waals surface area contributed by atoms with Gasteiger partial charge >= 0.3 is 6.18 Å². The van der Waals surface area contributed by atoms with Crippen molar-refractivity contribution < 1.29 is 17.9 Å². The molecule has 31 heavy (non-hydrogen) atoms. The van der Waals surface area contributed by atoms with Crippen LogP contribution in [0.2, 0.25) is 0 Å². The van der Waals surface area contributed by atoms with Crippen LogP contribution in [0.1, 0.15) is 16.7 Å². The zero-order chi connectivity index (χ0) is 21.8. The Labute approximate surface area is 182 Å². The van der Waals surface area contributed by atoms with Gasteiger partial charge in [0.05, 0.1) is 18.3 Å². The molecule has 7 heteroatoms. The van der Waals surface area contributed by atoms with E-state index in [4.69, 9.17) is 4.74 Å². The Hall–Kier alpha value is -2.09. The van der Waals surface area contributed by atoms with Gasteiger partial charge in [-0.3, -0.25) is 9.80 Å². The molecule has 2 heterocycles. The molecule has 0 aliphatic carbocycles. The number of benzene rings is 2. The number of hydrogen-bond acceptors (Lipinski definition) is 4. The van der Waals surface area contributed by atoms with Gasteiger partial charge in [-0.15, -0.1) is 0 Å². The molecular weight excluding hydrogens is 403 g/mol. The van der Waals surface area contributed by atoms with Gasteiger partial charge in [0.15, 0.2) is 0 Å². The van der Waals surface area contributed by atoms with Gasteiger partial charge in [-0.05, 0) is 30.7 Å². The fraction of sp³-hybridized carbons (Fsp3) is 0.500. The summed E-state index contributed by atoms with van der Waals surface area (Å²) in [6.07, 6.45) is -4.14. The Morgan fingerprint density at radius 2 is 1.68 bits per heavy atom. The van der Waals surface area contributed by atoms with Gasteiger partial charge in [-0.2, -0.15) is 13.2 Å².